The average Bonchev–Trinajstić information content (AvgIpc) is 2.95. The number of halogens is 2. The molecular formula is C17H16FIN4O2S2. The summed E-state index contributed by atoms with van der Waals surface area (Å²) in [6.45, 7) is 1.25. The smallest absolute Gasteiger partial charge is 0.246 e. The fourth-order valence-electron chi connectivity index (χ4n) is 2.96. The third kappa shape index (κ3) is 3.44. The van der Waals surface area contributed by atoms with Crippen LogP contribution in [0.4, 0.5) is 15.1 Å². The summed E-state index contributed by atoms with van der Waals surface area (Å²) in [6.07, 6.45) is 1.61. The number of nitrogens with one attached hydrogen (secondary N) is 1. The Bertz CT molecular complexity index is 1110. The number of hydrogen-bond donors (Lipinski definition) is 2. The van der Waals surface area contributed by atoms with Gasteiger partial charge in [0, 0.05) is 28.2 Å². The molecule has 0 saturated carbocycles. The van der Waals surface area contributed by atoms with Crippen molar-refractivity contribution >= 4 is 64.9 Å². The molecule has 0 atom stereocenters. The van der Waals surface area contributed by atoms with Crippen LogP contribution in [0, 0.1) is 15.3 Å². The summed E-state index contributed by atoms with van der Waals surface area (Å²) in [5.74, 6) is -0.268. The van der Waals surface area contributed by atoms with E-state index in [0.29, 0.717) is 34.9 Å². The molecule has 1 fully saturated rings. The van der Waals surface area contributed by atoms with Crippen molar-refractivity contribution in [1.82, 2.24) is 9.29 Å². The molecule has 1 aliphatic rings. The van der Waals surface area contributed by atoms with Gasteiger partial charge in [0.15, 0.2) is 0 Å². The predicted molar refractivity (Wildman–Crippen MR) is 113 cm³/mol. The van der Waals surface area contributed by atoms with E-state index in [2.05, 4.69) is 10.3 Å². The van der Waals surface area contributed by atoms with E-state index in [0.717, 1.165) is 3.57 Å². The van der Waals surface area contributed by atoms with Crippen molar-refractivity contribution in [2.24, 2.45) is 11.7 Å². The number of sulfonamides is 1. The number of nitrogens with zero attached hydrogens (tertiary/aromatic N) is 2. The van der Waals surface area contributed by atoms with Crippen LogP contribution < -0.4 is 11.1 Å². The van der Waals surface area contributed by atoms with E-state index in [1.54, 1.807) is 30.5 Å². The first-order valence-electron chi connectivity index (χ1n) is 8.20. The van der Waals surface area contributed by atoms with Gasteiger partial charge in [0.1, 0.15) is 20.5 Å². The zero-order chi connectivity index (χ0) is 19.2. The van der Waals surface area contributed by atoms with Crippen LogP contribution in [0.15, 0.2) is 41.4 Å². The van der Waals surface area contributed by atoms with Gasteiger partial charge in [-0.2, -0.15) is 4.31 Å². The van der Waals surface area contributed by atoms with Gasteiger partial charge in [0.25, 0.3) is 0 Å². The van der Waals surface area contributed by atoms with Gasteiger partial charge in [-0.25, -0.2) is 17.8 Å². The van der Waals surface area contributed by atoms with Crippen LogP contribution >= 0.6 is 33.9 Å². The number of fused-ring (bicyclic) bond motifs is 1. The third-order valence-corrected chi connectivity index (χ3v) is 8.20. The Morgan fingerprint density at radius 3 is 2.85 bits per heavy atom. The lowest BCUT2D eigenvalue weighted by molar-refractivity contribution is 0.207. The quantitative estimate of drug-likeness (QED) is 0.506. The molecule has 10 heteroatoms. The maximum absolute atomic E-state index is 14.3. The summed E-state index contributed by atoms with van der Waals surface area (Å²) in [5.41, 5.74) is 5.85. The molecule has 2 aromatic heterocycles. The van der Waals surface area contributed by atoms with E-state index in [9.17, 15) is 12.8 Å². The van der Waals surface area contributed by atoms with Crippen LogP contribution in [0.3, 0.4) is 0 Å². The van der Waals surface area contributed by atoms with Crippen molar-refractivity contribution in [3.05, 3.63) is 45.9 Å². The molecule has 0 radical (unpaired) electrons. The molecule has 4 rings (SSSR count). The minimum atomic E-state index is -3.74. The Balaban J connectivity index is 1.80. The Hall–Kier alpha value is -1.34. The molecule has 1 aliphatic heterocycles. The highest BCUT2D eigenvalue weighted by atomic mass is 127. The minimum absolute atomic E-state index is 0.143. The molecule has 0 spiro atoms. The minimum Gasteiger partial charge on any atom is -0.344 e. The van der Waals surface area contributed by atoms with Crippen LogP contribution in [0.5, 0.6) is 0 Å². The van der Waals surface area contributed by atoms with E-state index in [4.69, 9.17) is 5.73 Å². The molecule has 0 unspecified atom stereocenters. The Morgan fingerprint density at radius 2 is 2.15 bits per heavy atom. The number of thiophene rings is 1. The average molecular weight is 518 g/mol. The molecule has 27 heavy (non-hydrogen) atoms. The van der Waals surface area contributed by atoms with Crippen LogP contribution in [0.1, 0.15) is 0 Å². The zero-order valence-corrected chi connectivity index (χ0v) is 17.8. The molecule has 3 aromatic rings. The van der Waals surface area contributed by atoms with E-state index in [1.165, 1.54) is 21.7 Å². The number of aromatic nitrogens is 1. The largest absolute Gasteiger partial charge is 0.344 e. The first-order valence-corrected chi connectivity index (χ1v) is 11.5. The van der Waals surface area contributed by atoms with E-state index >= 15 is 0 Å². The van der Waals surface area contributed by atoms with Gasteiger partial charge in [-0.15, -0.1) is 0 Å². The molecule has 1 aromatic carbocycles. The predicted octanol–water partition coefficient (Wildman–Crippen LogP) is 3.36. The summed E-state index contributed by atoms with van der Waals surface area (Å²) >= 11 is 3.22. The highest BCUT2D eigenvalue weighted by Crippen LogP contribution is 2.42. The maximum Gasteiger partial charge on any atom is 0.246 e. The van der Waals surface area contributed by atoms with Crippen LogP contribution in [-0.4, -0.2) is 37.3 Å². The molecule has 3 N–H and O–H groups in total. The highest BCUT2D eigenvalue weighted by molar-refractivity contribution is 14.1. The third-order valence-electron chi connectivity index (χ3n) is 4.45. The molecule has 0 amide bonds. The molecule has 142 valence electrons. The number of anilines is 2. The topological polar surface area (TPSA) is 88.3 Å². The van der Waals surface area contributed by atoms with E-state index in [1.807, 2.05) is 22.6 Å². The van der Waals surface area contributed by atoms with Gasteiger partial charge in [-0.3, -0.25) is 0 Å². The lowest BCUT2D eigenvalue weighted by Crippen LogP contribution is -2.52. The maximum atomic E-state index is 14.3. The van der Waals surface area contributed by atoms with Gasteiger partial charge in [-0.1, -0.05) is 11.3 Å². The summed E-state index contributed by atoms with van der Waals surface area (Å²) in [6, 6.07) is 8.17. The van der Waals surface area contributed by atoms with Gasteiger partial charge >= 0.3 is 0 Å². The van der Waals surface area contributed by atoms with Crippen molar-refractivity contribution < 1.29 is 12.8 Å². The van der Waals surface area contributed by atoms with Crippen molar-refractivity contribution in [3.63, 3.8) is 0 Å². The van der Waals surface area contributed by atoms with Gasteiger partial charge in [0.2, 0.25) is 10.0 Å². The summed E-state index contributed by atoms with van der Waals surface area (Å²) < 4.78 is 42.9. The van der Waals surface area contributed by atoms with Crippen molar-refractivity contribution in [1.29, 1.82) is 0 Å². The second kappa shape index (κ2) is 7.24. The Labute approximate surface area is 173 Å². The summed E-state index contributed by atoms with van der Waals surface area (Å²) in [4.78, 5) is 5.00. The number of hydrogen-bond acceptors (Lipinski definition) is 6. The molecule has 1 saturated heterocycles. The fourth-order valence-corrected chi connectivity index (χ4v) is 6.67. The Morgan fingerprint density at radius 1 is 1.37 bits per heavy atom. The molecule has 3 heterocycles. The first-order chi connectivity index (χ1) is 12.9. The lowest BCUT2D eigenvalue weighted by Gasteiger charge is -2.37. The standard InChI is InChI=1S/C17H16FIN4O2S2/c18-13-6-11(19)3-4-14(13)22-17-15(12-2-1-5-21-16(12)26-17)27(24,25)23-8-10(7-20)9-23/h1-6,10,22H,7-9,20H2. The van der Waals surface area contributed by atoms with Gasteiger partial charge in [-0.05, 0) is 65.4 Å². The van der Waals surface area contributed by atoms with Crippen molar-refractivity contribution in [3.8, 4) is 0 Å². The van der Waals surface area contributed by atoms with Crippen LogP contribution in [0.25, 0.3) is 10.2 Å². The van der Waals surface area contributed by atoms with Crippen LogP contribution in [-0.2, 0) is 10.0 Å². The number of benzene rings is 1. The number of nitrogens with two attached hydrogens (primary N) is 1. The lowest BCUT2D eigenvalue weighted by atomic mass is 10.0. The van der Waals surface area contributed by atoms with E-state index in [-0.39, 0.29) is 16.5 Å². The molecule has 0 aliphatic carbocycles. The number of pyridine rings is 1. The zero-order valence-electron chi connectivity index (χ0n) is 14.0. The molecule has 0 bridgehead atoms. The molecular weight excluding hydrogens is 502 g/mol. The SMILES string of the molecule is NCC1CN(S(=O)(=O)c2c(Nc3ccc(I)cc3F)sc3ncccc23)C1. The van der Waals surface area contributed by atoms with E-state index < -0.39 is 15.8 Å². The van der Waals surface area contributed by atoms with Crippen LogP contribution in [0.2, 0.25) is 0 Å². The normalized spacial score (nSPS) is 15.8. The number of rotatable bonds is 5. The summed E-state index contributed by atoms with van der Waals surface area (Å²) in [5, 5.41) is 3.86. The molecule has 6 nitrogen and oxygen atoms in total. The fraction of sp³-hybridized carbons (Fsp3) is 0.235. The first kappa shape index (κ1) is 19.0. The van der Waals surface area contributed by atoms with Gasteiger partial charge in [0.05, 0.1) is 5.69 Å². The monoisotopic (exact) mass is 518 g/mol. The second-order valence-corrected chi connectivity index (χ2v) is 10.4. The van der Waals surface area contributed by atoms with Crippen molar-refractivity contribution in [2.45, 2.75) is 4.90 Å². The Kier molecular flexibility index (Phi) is 5.10. The highest BCUT2D eigenvalue weighted by Gasteiger charge is 2.39. The second-order valence-electron chi connectivity index (χ2n) is 6.29. The summed E-state index contributed by atoms with van der Waals surface area (Å²) in [7, 11) is -3.74. The van der Waals surface area contributed by atoms with Gasteiger partial charge < -0.3 is 11.1 Å². The van der Waals surface area contributed by atoms with Crippen molar-refractivity contribution in [2.75, 3.05) is 25.0 Å².